The number of pyridine rings is 1. The minimum atomic E-state index is -1.06. The van der Waals surface area contributed by atoms with Crippen LogP contribution < -0.4 is 5.32 Å². The summed E-state index contributed by atoms with van der Waals surface area (Å²) in [5, 5.41) is 12.4. The molecular formula is C19H24N4O3. The van der Waals surface area contributed by atoms with E-state index < -0.39 is 11.9 Å². The lowest BCUT2D eigenvalue weighted by molar-refractivity contribution is -0.140. The standard InChI is InChI=1S/C19H24N4O3/c1-2-14(18(24)25)13-23-12-11-22(19(23)26)10-4-6-16-8-7-15-5-3-9-20-17(15)21-16/h1,7-8,14H,3-6,9-13H2,(H,20,21)(H,24,25)/t14-/m0/s1. The Labute approximate surface area is 153 Å². The second kappa shape index (κ2) is 8.09. The number of hydrogen-bond donors (Lipinski definition) is 2. The van der Waals surface area contributed by atoms with Gasteiger partial charge in [0.2, 0.25) is 0 Å². The van der Waals surface area contributed by atoms with Crippen molar-refractivity contribution in [3.8, 4) is 12.3 Å². The van der Waals surface area contributed by atoms with Gasteiger partial charge >= 0.3 is 12.0 Å². The summed E-state index contributed by atoms with van der Waals surface area (Å²) in [6, 6.07) is 4.07. The van der Waals surface area contributed by atoms with Gasteiger partial charge < -0.3 is 20.2 Å². The molecule has 3 rings (SSSR count). The predicted molar refractivity (Wildman–Crippen MR) is 97.9 cm³/mol. The zero-order chi connectivity index (χ0) is 18.5. The summed E-state index contributed by atoms with van der Waals surface area (Å²) in [6.07, 6.45) is 9.07. The smallest absolute Gasteiger partial charge is 0.320 e. The number of aliphatic carboxylic acids is 1. The van der Waals surface area contributed by atoms with Crippen molar-refractivity contribution in [2.45, 2.75) is 25.7 Å². The van der Waals surface area contributed by atoms with E-state index in [1.165, 1.54) is 10.5 Å². The van der Waals surface area contributed by atoms with E-state index in [0.29, 0.717) is 19.6 Å². The zero-order valence-electron chi connectivity index (χ0n) is 14.8. The molecule has 2 N–H and O–H groups in total. The van der Waals surface area contributed by atoms with Crippen LogP contribution in [0.3, 0.4) is 0 Å². The normalized spacial score (nSPS) is 17.4. The molecule has 2 amide bonds. The van der Waals surface area contributed by atoms with Gasteiger partial charge in [-0.2, -0.15) is 0 Å². The fourth-order valence-corrected chi connectivity index (χ4v) is 3.39. The van der Waals surface area contributed by atoms with Gasteiger partial charge in [0.15, 0.2) is 0 Å². The molecule has 0 unspecified atom stereocenters. The van der Waals surface area contributed by atoms with E-state index in [1.54, 1.807) is 4.90 Å². The maximum absolute atomic E-state index is 12.4. The van der Waals surface area contributed by atoms with Crippen LogP contribution in [0, 0.1) is 18.3 Å². The summed E-state index contributed by atoms with van der Waals surface area (Å²) < 4.78 is 0. The summed E-state index contributed by atoms with van der Waals surface area (Å²) in [4.78, 5) is 31.4. The number of nitrogens with one attached hydrogen (secondary N) is 1. The SMILES string of the molecule is C#C[C@@H](CN1CCN(CCCc2ccc3c(n2)NCCC3)C1=O)C(=O)O. The highest BCUT2D eigenvalue weighted by molar-refractivity contribution is 5.79. The van der Waals surface area contributed by atoms with Gasteiger partial charge in [0.25, 0.3) is 0 Å². The van der Waals surface area contributed by atoms with E-state index in [2.05, 4.69) is 28.4 Å². The van der Waals surface area contributed by atoms with E-state index in [4.69, 9.17) is 11.5 Å². The number of aryl methyl sites for hydroxylation is 2. The quantitative estimate of drug-likeness (QED) is 0.722. The van der Waals surface area contributed by atoms with Gasteiger partial charge in [0, 0.05) is 38.4 Å². The largest absolute Gasteiger partial charge is 0.480 e. The molecule has 7 nitrogen and oxygen atoms in total. The molecule has 0 bridgehead atoms. The second-order valence-corrected chi connectivity index (χ2v) is 6.72. The summed E-state index contributed by atoms with van der Waals surface area (Å²) in [7, 11) is 0. The molecule has 1 saturated heterocycles. The van der Waals surface area contributed by atoms with E-state index in [0.717, 1.165) is 43.7 Å². The van der Waals surface area contributed by atoms with Crippen molar-refractivity contribution in [1.82, 2.24) is 14.8 Å². The van der Waals surface area contributed by atoms with Crippen LogP contribution >= 0.6 is 0 Å². The maximum atomic E-state index is 12.4. The number of carbonyl (C=O) groups is 2. The first kappa shape index (κ1) is 18.1. The van der Waals surface area contributed by atoms with Crippen LogP contribution in [0.15, 0.2) is 12.1 Å². The number of urea groups is 1. The summed E-state index contributed by atoms with van der Waals surface area (Å²) in [5.41, 5.74) is 2.30. The molecule has 1 aromatic heterocycles. The van der Waals surface area contributed by atoms with E-state index >= 15 is 0 Å². The Morgan fingerprint density at radius 1 is 1.38 bits per heavy atom. The molecule has 0 aromatic carbocycles. The molecule has 0 spiro atoms. The van der Waals surface area contributed by atoms with Gasteiger partial charge in [-0.1, -0.05) is 12.0 Å². The van der Waals surface area contributed by atoms with Crippen LogP contribution in [-0.2, 0) is 17.6 Å². The Morgan fingerprint density at radius 3 is 2.96 bits per heavy atom. The van der Waals surface area contributed by atoms with E-state index in [-0.39, 0.29) is 12.6 Å². The predicted octanol–water partition coefficient (Wildman–Crippen LogP) is 1.44. The lowest BCUT2D eigenvalue weighted by Crippen LogP contribution is -2.37. The molecule has 0 saturated carbocycles. The fraction of sp³-hybridized carbons (Fsp3) is 0.526. The summed E-state index contributed by atoms with van der Waals surface area (Å²) >= 11 is 0. The third-order valence-electron chi connectivity index (χ3n) is 4.90. The molecule has 2 aliphatic rings. The number of fused-ring (bicyclic) bond motifs is 1. The Hall–Kier alpha value is -2.75. The van der Waals surface area contributed by atoms with Crippen LogP contribution in [0.5, 0.6) is 0 Å². The molecule has 26 heavy (non-hydrogen) atoms. The van der Waals surface area contributed by atoms with Gasteiger partial charge in [0.05, 0.1) is 0 Å². The molecule has 1 aromatic rings. The van der Waals surface area contributed by atoms with Gasteiger partial charge in [-0.05, 0) is 37.3 Å². The molecule has 2 aliphatic heterocycles. The molecule has 1 fully saturated rings. The van der Waals surface area contributed by atoms with Gasteiger partial charge in [-0.3, -0.25) is 4.79 Å². The first-order valence-electron chi connectivity index (χ1n) is 9.04. The van der Waals surface area contributed by atoms with Gasteiger partial charge in [0.1, 0.15) is 11.7 Å². The van der Waals surface area contributed by atoms with Crippen LogP contribution in [0.4, 0.5) is 10.6 Å². The first-order chi connectivity index (χ1) is 12.6. The number of carbonyl (C=O) groups excluding carboxylic acids is 1. The van der Waals surface area contributed by atoms with Gasteiger partial charge in [-0.15, -0.1) is 6.42 Å². The van der Waals surface area contributed by atoms with Crippen molar-refractivity contribution in [3.05, 3.63) is 23.4 Å². The van der Waals surface area contributed by atoms with Crippen LogP contribution in [0.2, 0.25) is 0 Å². The van der Waals surface area contributed by atoms with Gasteiger partial charge in [-0.25, -0.2) is 9.78 Å². The molecule has 138 valence electrons. The first-order valence-corrected chi connectivity index (χ1v) is 9.04. The highest BCUT2D eigenvalue weighted by atomic mass is 16.4. The topological polar surface area (TPSA) is 85.8 Å². The highest BCUT2D eigenvalue weighted by Gasteiger charge is 2.31. The molecular weight excluding hydrogens is 332 g/mol. The molecule has 1 atom stereocenters. The number of carboxylic acid groups (broad SMARTS) is 1. The number of amides is 2. The van der Waals surface area contributed by atoms with Crippen LogP contribution in [0.25, 0.3) is 0 Å². The maximum Gasteiger partial charge on any atom is 0.320 e. The molecule has 0 aliphatic carbocycles. The van der Waals surface area contributed by atoms with Crippen LogP contribution in [0.1, 0.15) is 24.1 Å². The third-order valence-corrected chi connectivity index (χ3v) is 4.90. The summed E-state index contributed by atoms with van der Waals surface area (Å²) in [5.74, 6) is 1.20. The third kappa shape index (κ3) is 4.07. The minimum Gasteiger partial charge on any atom is -0.480 e. The highest BCUT2D eigenvalue weighted by Crippen LogP contribution is 2.20. The number of nitrogens with zero attached hydrogens (tertiary/aromatic N) is 3. The lowest BCUT2D eigenvalue weighted by Gasteiger charge is -2.20. The average Bonchev–Trinajstić information content (AvgIpc) is 2.99. The number of rotatable bonds is 7. The van der Waals surface area contributed by atoms with E-state index in [1.807, 2.05) is 0 Å². The Morgan fingerprint density at radius 2 is 2.19 bits per heavy atom. The number of aromatic nitrogens is 1. The Bertz CT molecular complexity index is 728. The average molecular weight is 356 g/mol. The Kier molecular flexibility index (Phi) is 5.61. The minimum absolute atomic E-state index is 0.0687. The lowest BCUT2D eigenvalue weighted by atomic mass is 10.1. The molecule has 0 radical (unpaired) electrons. The van der Waals surface area contributed by atoms with Crippen molar-refractivity contribution in [1.29, 1.82) is 0 Å². The van der Waals surface area contributed by atoms with Crippen molar-refractivity contribution in [3.63, 3.8) is 0 Å². The van der Waals surface area contributed by atoms with E-state index in [9.17, 15) is 9.59 Å². The molecule has 3 heterocycles. The zero-order valence-corrected chi connectivity index (χ0v) is 14.8. The number of terminal acetylenes is 1. The van der Waals surface area contributed by atoms with Crippen molar-refractivity contribution in [2.75, 3.05) is 38.0 Å². The van der Waals surface area contributed by atoms with Crippen LogP contribution in [-0.4, -0.2) is 64.6 Å². The molecule has 7 heteroatoms. The second-order valence-electron chi connectivity index (χ2n) is 6.72. The monoisotopic (exact) mass is 356 g/mol. The number of anilines is 1. The number of carboxylic acids is 1. The Balaban J connectivity index is 1.48. The van der Waals surface area contributed by atoms with Crippen molar-refractivity contribution in [2.24, 2.45) is 5.92 Å². The van der Waals surface area contributed by atoms with Crippen molar-refractivity contribution >= 4 is 17.8 Å². The number of hydrogen-bond acceptors (Lipinski definition) is 4. The summed E-state index contributed by atoms with van der Waals surface area (Å²) in [6.45, 7) is 2.80. The fourth-order valence-electron chi connectivity index (χ4n) is 3.39. The van der Waals surface area contributed by atoms with Crippen molar-refractivity contribution < 1.29 is 14.7 Å².